The van der Waals surface area contributed by atoms with Gasteiger partial charge in [-0.15, -0.1) is 0 Å². The highest BCUT2D eigenvalue weighted by atomic mass is 19.4. The zero-order chi connectivity index (χ0) is 11.8. The van der Waals surface area contributed by atoms with Gasteiger partial charge in [-0.3, -0.25) is 0 Å². The fourth-order valence-electron chi connectivity index (χ4n) is 1.38. The van der Waals surface area contributed by atoms with Crippen molar-refractivity contribution in [2.24, 2.45) is 7.05 Å². The Morgan fingerprint density at radius 2 is 2.12 bits per heavy atom. The molecule has 2 rings (SSSR count). The second-order valence-electron chi connectivity index (χ2n) is 3.35. The van der Waals surface area contributed by atoms with Crippen LogP contribution in [0.5, 0.6) is 0 Å². The number of hydrogen-bond acceptors (Lipinski definition) is 3. The number of anilines is 1. The summed E-state index contributed by atoms with van der Waals surface area (Å²) in [7, 11) is 1.77. The van der Waals surface area contributed by atoms with Gasteiger partial charge < -0.3 is 9.88 Å². The normalized spacial score (nSPS) is 12.0. The molecular formula is C9H9F3N4. The first-order valence-electron chi connectivity index (χ1n) is 4.54. The number of hydrogen-bond donors (Lipinski definition) is 1. The molecule has 0 aliphatic rings. The first-order chi connectivity index (χ1) is 7.47. The number of aromatic nitrogens is 3. The molecule has 7 heteroatoms. The van der Waals surface area contributed by atoms with Gasteiger partial charge in [-0.1, -0.05) is 0 Å². The van der Waals surface area contributed by atoms with Crippen LogP contribution >= 0.6 is 0 Å². The molecule has 1 N–H and O–H groups in total. The smallest absolute Gasteiger partial charge is 0.359 e. The van der Waals surface area contributed by atoms with Crippen molar-refractivity contribution in [2.45, 2.75) is 6.18 Å². The number of pyridine rings is 1. The van der Waals surface area contributed by atoms with Gasteiger partial charge in [0.1, 0.15) is 12.1 Å². The Hall–Kier alpha value is -1.79. The lowest BCUT2D eigenvalue weighted by Crippen LogP contribution is -2.21. The summed E-state index contributed by atoms with van der Waals surface area (Å²) in [6.07, 6.45) is -1.29. The largest absolute Gasteiger partial charge is 0.405 e. The van der Waals surface area contributed by atoms with Crippen LogP contribution in [0.2, 0.25) is 0 Å². The molecule has 0 aliphatic heterocycles. The van der Waals surface area contributed by atoms with Crippen LogP contribution in [0.15, 0.2) is 18.6 Å². The Bertz CT molecular complexity index is 503. The predicted molar refractivity (Wildman–Crippen MR) is 53.1 cm³/mol. The predicted octanol–water partition coefficient (Wildman–Crippen LogP) is 1.94. The third-order valence-corrected chi connectivity index (χ3v) is 2.10. The molecule has 0 saturated heterocycles. The first kappa shape index (κ1) is 10.7. The van der Waals surface area contributed by atoms with Crippen molar-refractivity contribution < 1.29 is 13.2 Å². The van der Waals surface area contributed by atoms with E-state index < -0.39 is 12.7 Å². The zero-order valence-electron chi connectivity index (χ0n) is 8.41. The van der Waals surface area contributed by atoms with Crippen molar-refractivity contribution in [3.8, 4) is 0 Å². The van der Waals surface area contributed by atoms with Crippen LogP contribution in [0.25, 0.3) is 11.0 Å². The van der Waals surface area contributed by atoms with Crippen LogP contribution in [0.1, 0.15) is 0 Å². The van der Waals surface area contributed by atoms with Gasteiger partial charge in [0.25, 0.3) is 0 Å². The summed E-state index contributed by atoms with van der Waals surface area (Å²) in [5, 5.41) is 2.23. The third kappa shape index (κ3) is 2.07. The monoisotopic (exact) mass is 230 g/mol. The lowest BCUT2D eigenvalue weighted by Gasteiger charge is -2.08. The molecule has 4 nitrogen and oxygen atoms in total. The van der Waals surface area contributed by atoms with E-state index in [0.717, 1.165) is 5.52 Å². The fourth-order valence-corrected chi connectivity index (χ4v) is 1.38. The van der Waals surface area contributed by atoms with Crippen molar-refractivity contribution in [1.29, 1.82) is 0 Å². The SMILES string of the molecule is Cn1cnc2c(NCC(F)(F)F)nccc21. The maximum absolute atomic E-state index is 12.0. The van der Waals surface area contributed by atoms with Crippen LogP contribution in [0.4, 0.5) is 19.0 Å². The van der Waals surface area contributed by atoms with Crippen LogP contribution in [0.3, 0.4) is 0 Å². The van der Waals surface area contributed by atoms with Gasteiger partial charge in [0.15, 0.2) is 5.82 Å². The number of nitrogens with zero attached hydrogens (tertiary/aromatic N) is 3. The van der Waals surface area contributed by atoms with E-state index >= 15 is 0 Å². The van der Waals surface area contributed by atoms with Gasteiger partial charge in [-0.2, -0.15) is 13.2 Å². The highest BCUT2D eigenvalue weighted by Crippen LogP contribution is 2.21. The van der Waals surface area contributed by atoms with Crippen molar-refractivity contribution in [1.82, 2.24) is 14.5 Å². The molecule has 2 heterocycles. The Morgan fingerprint density at radius 3 is 2.81 bits per heavy atom. The molecule has 0 unspecified atom stereocenters. The molecule has 0 aliphatic carbocycles. The molecule has 16 heavy (non-hydrogen) atoms. The molecule has 0 amide bonds. The van der Waals surface area contributed by atoms with Gasteiger partial charge >= 0.3 is 6.18 Å². The minimum atomic E-state index is -4.27. The van der Waals surface area contributed by atoms with E-state index in [1.54, 1.807) is 17.7 Å². The maximum atomic E-state index is 12.0. The average Bonchev–Trinajstić information content (AvgIpc) is 2.57. The molecule has 2 aromatic rings. The number of imidazole rings is 1. The second kappa shape index (κ2) is 3.66. The highest BCUT2D eigenvalue weighted by molar-refractivity contribution is 5.85. The van der Waals surface area contributed by atoms with E-state index in [9.17, 15) is 13.2 Å². The van der Waals surface area contributed by atoms with Crippen molar-refractivity contribution in [3.63, 3.8) is 0 Å². The summed E-state index contributed by atoms with van der Waals surface area (Å²) in [6.45, 7) is -1.12. The molecule has 0 atom stereocenters. The van der Waals surface area contributed by atoms with Gasteiger partial charge in [0.2, 0.25) is 0 Å². The maximum Gasteiger partial charge on any atom is 0.405 e. The summed E-state index contributed by atoms with van der Waals surface area (Å²) < 4.78 is 37.8. The number of aryl methyl sites for hydroxylation is 1. The Labute approximate surface area is 89.1 Å². The van der Waals surface area contributed by atoms with Crippen molar-refractivity contribution in [2.75, 3.05) is 11.9 Å². The molecule has 0 saturated carbocycles. The number of halogens is 3. The lowest BCUT2D eigenvalue weighted by atomic mass is 10.3. The topological polar surface area (TPSA) is 42.7 Å². The van der Waals surface area contributed by atoms with Crippen LogP contribution in [-0.2, 0) is 7.05 Å². The summed E-state index contributed by atoms with van der Waals surface area (Å²) in [5.74, 6) is 0.149. The number of nitrogens with one attached hydrogen (secondary N) is 1. The molecule has 0 aromatic carbocycles. The third-order valence-electron chi connectivity index (χ3n) is 2.10. The van der Waals surface area contributed by atoms with Gasteiger partial charge in [-0.05, 0) is 6.07 Å². The fraction of sp³-hybridized carbons (Fsp3) is 0.333. The lowest BCUT2D eigenvalue weighted by molar-refractivity contribution is -0.115. The molecule has 0 bridgehead atoms. The van der Waals surface area contributed by atoms with E-state index in [0.29, 0.717) is 5.52 Å². The minimum Gasteiger partial charge on any atom is -0.359 e. The standard InChI is InChI=1S/C9H9F3N4/c1-16-5-15-7-6(16)2-3-13-8(7)14-4-9(10,11)12/h2-3,5H,4H2,1H3,(H,13,14). The van der Waals surface area contributed by atoms with Crippen molar-refractivity contribution in [3.05, 3.63) is 18.6 Å². The van der Waals surface area contributed by atoms with E-state index in [4.69, 9.17) is 0 Å². The molecule has 0 spiro atoms. The molecule has 86 valence electrons. The summed E-state index contributed by atoms with van der Waals surface area (Å²) in [5.41, 5.74) is 1.17. The number of fused-ring (bicyclic) bond motifs is 1. The first-order valence-corrected chi connectivity index (χ1v) is 4.54. The Morgan fingerprint density at radius 1 is 1.38 bits per heavy atom. The molecule has 0 fully saturated rings. The zero-order valence-corrected chi connectivity index (χ0v) is 8.41. The average molecular weight is 230 g/mol. The molecule has 0 radical (unpaired) electrons. The Kier molecular flexibility index (Phi) is 2.45. The van der Waals surface area contributed by atoms with Crippen LogP contribution in [-0.4, -0.2) is 27.3 Å². The second-order valence-corrected chi connectivity index (χ2v) is 3.35. The minimum absolute atomic E-state index is 0.149. The number of alkyl halides is 3. The van der Waals surface area contributed by atoms with Crippen LogP contribution in [0, 0.1) is 0 Å². The van der Waals surface area contributed by atoms with Gasteiger partial charge in [-0.25, -0.2) is 9.97 Å². The number of rotatable bonds is 2. The highest BCUT2D eigenvalue weighted by Gasteiger charge is 2.27. The van der Waals surface area contributed by atoms with E-state index in [-0.39, 0.29) is 5.82 Å². The molecule has 2 aromatic heterocycles. The Balaban J connectivity index is 2.31. The van der Waals surface area contributed by atoms with Gasteiger partial charge in [0.05, 0.1) is 11.8 Å². The summed E-state index contributed by atoms with van der Waals surface area (Å²) in [4.78, 5) is 7.83. The van der Waals surface area contributed by atoms with Crippen LogP contribution < -0.4 is 5.32 Å². The summed E-state index contributed by atoms with van der Waals surface area (Å²) in [6, 6.07) is 1.70. The quantitative estimate of drug-likeness (QED) is 0.857. The summed E-state index contributed by atoms with van der Waals surface area (Å²) >= 11 is 0. The van der Waals surface area contributed by atoms with Gasteiger partial charge in [0, 0.05) is 13.2 Å². The molecular weight excluding hydrogens is 221 g/mol. The van der Waals surface area contributed by atoms with Crippen molar-refractivity contribution >= 4 is 16.9 Å². The van der Waals surface area contributed by atoms with E-state index in [2.05, 4.69) is 15.3 Å². The van der Waals surface area contributed by atoms with E-state index in [1.165, 1.54) is 12.5 Å². The van der Waals surface area contributed by atoms with E-state index in [1.807, 2.05) is 0 Å².